The van der Waals surface area contributed by atoms with Gasteiger partial charge < -0.3 is 0 Å². The zero-order valence-corrected chi connectivity index (χ0v) is 16.8. The molecule has 0 aliphatic heterocycles. The van der Waals surface area contributed by atoms with Gasteiger partial charge in [-0.1, -0.05) is 104 Å². The van der Waals surface area contributed by atoms with E-state index >= 15 is 0 Å². The van der Waals surface area contributed by atoms with E-state index in [0.717, 1.165) is 5.02 Å². The molecule has 4 aromatic carbocycles. The van der Waals surface area contributed by atoms with E-state index in [1.807, 2.05) is 6.07 Å². The molecule has 136 valence electrons. The Kier molecular flexibility index (Phi) is 3.92. The first kappa shape index (κ1) is 17.3. The van der Waals surface area contributed by atoms with Crippen LogP contribution in [0, 0.1) is 0 Å². The van der Waals surface area contributed by atoms with Gasteiger partial charge in [0.15, 0.2) is 0 Å². The number of rotatable bonds is 2. The fourth-order valence-corrected chi connectivity index (χ4v) is 4.68. The monoisotopic (exact) mass is 380 g/mol. The summed E-state index contributed by atoms with van der Waals surface area (Å²) in [4.78, 5) is 0. The molecule has 0 saturated carbocycles. The van der Waals surface area contributed by atoms with Gasteiger partial charge in [-0.05, 0) is 51.1 Å². The van der Waals surface area contributed by atoms with Crippen molar-refractivity contribution < 1.29 is 0 Å². The number of hydrogen-bond donors (Lipinski definition) is 0. The second kappa shape index (κ2) is 6.36. The summed E-state index contributed by atoms with van der Waals surface area (Å²) in [6, 6.07) is 32.4. The van der Waals surface area contributed by atoms with Crippen molar-refractivity contribution in [2.75, 3.05) is 0 Å². The first-order chi connectivity index (χ1) is 13.6. The Labute approximate surface area is 171 Å². The third-order valence-electron chi connectivity index (χ3n) is 5.97. The van der Waals surface area contributed by atoms with Crippen molar-refractivity contribution >= 4 is 11.6 Å². The second-order valence-electron chi connectivity index (χ2n) is 7.99. The molecule has 0 N–H and O–H groups in total. The Hall–Kier alpha value is -2.83. The highest BCUT2D eigenvalue weighted by Gasteiger charge is 2.36. The Morgan fingerprint density at radius 1 is 0.571 bits per heavy atom. The lowest BCUT2D eigenvalue weighted by atomic mass is 9.81. The lowest BCUT2D eigenvalue weighted by molar-refractivity contribution is 0.660. The molecule has 0 radical (unpaired) electrons. The highest BCUT2D eigenvalue weighted by atomic mass is 35.5. The molecule has 0 aromatic heterocycles. The van der Waals surface area contributed by atoms with Crippen LogP contribution in [0.5, 0.6) is 0 Å². The van der Waals surface area contributed by atoms with Crippen molar-refractivity contribution in [3.63, 3.8) is 0 Å². The van der Waals surface area contributed by atoms with Gasteiger partial charge in [0, 0.05) is 16.0 Å². The average molecular weight is 381 g/mol. The topological polar surface area (TPSA) is 0 Å². The van der Waals surface area contributed by atoms with E-state index in [2.05, 4.69) is 98.8 Å². The standard InChI is InChI=1S/C27H21Cl/c1-27(2)23-9-6-10-25(28)26(23)22-16-15-21(17-24(22)27)20-13-11-19(12-14-20)18-7-4-3-5-8-18/h3-17H,1-2H3. The van der Waals surface area contributed by atoms with Crippen molar-refractivity contribution in [2.45, 2.75) is 19.3 Å². The van der Waals surface area contributed by atoms with Gasteiger partial charge in [0.05, 0.1) is 0 Å². The first-order valence-electron chi connectivity index (χ1n) is 9.65. The molecule has 0 saturated heterocycles. The molecule has 1 heteroatoms. The predicted molar refractivity (Wildman–Crippen MR) is 120 cm³/mol. The van der Waals surface area contributed by atoms with Crippen LogP contribution in [-0.2, 0) is 5.41 Å². The van der Waals surface area contributed by atoms with Crippen LogP contribution in [0.25, 0.3) is 33.4 Å². The molecular formula is C27H21Cl. The third-order valence-corrected chi connectivity index (χ3v) is 6.29. The highest BCUT2D eigenvalue weighted by Crippen LogP contribution is 2.51. The summed E-state index contributed by atoms with van der Waals surface area (Å²) in [5.74, 6) is 0. The van der Waals surface area contributed by atoms with Gasteiger partial charge in [-0.15, -0.1) is 0 Å². The quantitative estimate of drug-likeness (QED) is 0.330. The van der Waals surface area contributed by atoms with Crippen molar-refractivity contribution in [2.24, 2.45) is 0 Å². The lowest BCUT2D eigenvalue weighted by Crippen LogP contribution is -2.14. The minimum atomic E-state index is -0.0461. The second-order valence-corrected chi connectivity index (χ2v) is 8.40. The van der Waals surface area contributed by atoms with Crippen LogP contribution in [0.1, 0.15) is 25.0 Å². The van der Waals surface area contributed by atoms with E-state index in [1.54, 1.807) is 0 Å². The van der Waals surface area contributed by atoms with Gasteiger partial charge in [-0.3, -0.25) is 0 Å². The smallest absolute Gasteiger partial charge is 0.0487 e. The summed E-state index contributed by atoms with van der Waals surface area (Å²) in [5.41, 5.74) is 10.0. The summed E-state index contributed by atoms with van der Waals surface area (Å²) in [6.45, 7) is 4.58. The number of fused-ring (bicyclic) bond motifs is 3. The van der Waals surface area contributed by atoms with Crippen molar-refractivity contribution in [1.29, 1.82) is 0 Å². The van der Waals surface area contributed by atoms with Crippen LogP contribution in [0.4, 0.5) is 0 Å². The number of hydrogen-bond acceptors (Lipinski definition) is 0. The van der Waals surface area contributed by atoms with Crippen LogP contribution in [-0.4, -0.2) is 0 Å². The molecule has 0 spiro atoms. The average Bonchev–Trinajstić information content (AvgIpc) is 2.97. The summed E-state index contributed by atoms with van der Waals surface area (Å²) in [5, 5.41) is 0.837. The van der Waals surface area contributed by atoms with Crippen molar-refractivity contribution in [1.82, 2.24) is 0 Å². The van der Waals surface area contributed by atoms with Gasteiger partial charge >= 0.3 is 0 Å². The Bertz CT molecular complexity index is 1170. The minimum Gasteiger partial charge on any atom is -0.0837 e. The Balaban J connectivity index is 1.58. The zero-order valence-electron chi connectivity index (χ0n) is 16.0. The van der Waals surface area contributed by atoms with Gasteiger partial charge in [0.25, 0.3) is 0 Å². The van der Waals surface area contributed by atoms with Gasteiger partial charge in [0.2, 0.25) is 0 Å². The van der Waals surface area contributed by atoms with Crippen molar-refractivity contribution in [3.8, 4) is 33.4 Å². The van der Waals surface area contributed by atoms with Crippen molar-refractivity contribution in [3.05, 3.63) is 107 Å². The maximum absolute atomic E-state index is 6.56. The van der Waals surface area contributed by atoms with Crippen LogP contribution in [0.15, 0.2) is 91.0 Å². The molecule has 0 bridgehead atoms. The van der Waals surface area contributed by atoms with E-state index in [0.29, 0.717) is 0 Å². The SMILES string of the molecule is CC1(C)c2cc(-c3ccc(-c4ccccc4)cc3)ccc2-c2c(Cl)cccc21. The third kappa shape index (κ3) is 2.60. The molecule has 0 heterocycles. The summed E-state index contributed by atoms with van der Waals surface area (Å²) >= 11 is 6.56. The van der Waals surface area contributed by atoms with Gasteiger partial charge in [-0.25, -0.2) is 0 Å². The van der Waals surface area contributed by atoms with E-state index in [4.69, 9.17) is 11.6 Å². The largest absolute Gasteiger partial charge is 0.0837 e. The molecule has 4 aromatic rings. The van der Waals surface area contributed by atoms with E-state index in [-0.39, 0.29) is 5.41 Å². The first-order valence-corrected chi connectivity index (χ1v) is 10.0. The molecule has 0 fully saturated rings. The molecule has 0 nitrogen and oxygen atoms in total. The Morgan fingerprint density at radius 3 is 1.89 bits per heavy atom. The molecule has 1 aliphatic rings. The predicted octanol–water partition coefficient (Wildman–Crippen LogP) is 7.98. The molecule has 0 atom stereocenters. The zero-order chi connectivity index (χ0) is 19.3. The minimum absolute atomic E-state index is 0.0461. The maximum Gasteiger partial charge on any atom is 0.0487 e. The van der Waals surface area contributed by atoms with E-state index in [1.165, 1.54) is 44.5 Å². The number of benzene rings is 4. The molecule has 28 heavy (non-hydrogen) atoms. The number of halogens is 1. The lowest BCUT2D eigenvalue weighted by Gasteiger charge is -2.22. The molecule has 1 aliphatic carbocycles. The highest BCUT2D eigenvalue weighted by molar-refractivity contribution is 6.33. The molecule has 5 rings (SSSR count). The molecule has 0 unspecified atom stereocenters. The summed E-state index contributed by atoms with van der Waals surface area (Å²) in [6.07, 6.45) is 0. The fraction of sp³-hybridized carbons (Fsp3) is 0.111. The van der Waals surface area contributed by atoms with Gasteiger partial charge in [-0.2, -0.15) is 0 Å². The Morgan fingerprint density at radius 2 is 1.18 bits per heavy atom. The molecule has 0 amide bonds. The fourth-order valence-electron chi connectivity index (χ4n) is 4.41. The van der Waals surface area contributed by atoms with E-state index < -0.39 is 0 Å². The van der Waals surface area contributed by atoms with Crippen LogP contribution >= 0.6 is 11.6 Å². The van der Waals surface area contributed by atoms with E-state index in [9.17, 15) is 0 Å². The molecular weight excluding hydrogens is 360 g/mol. The van der Waals surface area contributed by atoms with Gasteiger partial charge in [0.1, 0.15) is 0 Å². The van der Waals surface area contributed by atoms with Crippen LogP contribution in [0.2, 0.25) is 5.02 Å². The summed E-state index contributed by atoms with van der Waals surface area (Å²) < 4.78 is 0. The van der Waals surface area contributed by atoms with Crippen LogP contribution in [0.3, 0.4) is 0 Å². The van der Waals surface area contributed by atoms with Crippen LogP contribution < -0.4 is 0 Å². The normalized spacial score (nSPS) is 13.8. The maximum atomic E-state index is 6.56. The summed E-state index contributed by atoms with van der Waals surface area (Å²) in [7, 11) is 0.